The van der Waals surface area contributed by atoms with Gasteiger partial charge in [0.1, 0.15) is 5.75 Å². The maximum atomic E-state index is 9.59. The van der Waals surface area contributed by atoms with Crippen molar-refractivity contribution in [2.75, 3.05) is 18.8 Å². The predicted octanol–water partition coefficient (Wildman–Crippen LogP) is 2.66. The van der Waals surface area contributed by atoms with Crippen LogP contribution in [0.3, 0.4) is 0 Å². The summed E-state index contributed by atoms with van der Waals surface area (Å²) in [6.07, 6.45) is 0. The fourth-order valence-corrected chi connectivity index (χ4v) is 1.42. The smallest absolute Gasteiger partial charge is 0.120 e. The number of aromatic hydroxyl groups is 1. The van der Waals surface area contributed by atoms with Gasteiger partial charge in [0.25, 0.3) is 0 Å². The van der Waals surface area contributed by atoms with Crippen molar-refractivity contribution in [3.63, 3.8) is 0 Å². The zero-order valence-corrected chi connectivity index (χ0v) is 11.3. The Morgan fingerprint density at radius 2 is 1.75 bits per heavy atom. The molecule has 0 heterocycles. The van der Waals surface area contributed by atoms with E-state index in [1.54, 1.807) is 12.1 Å². The molecular formula is C11H20Cl2N2O. The molecule has 0 aliphatic heterocycles. The highest BCUT2D eigenvalue weighted by atomic mass is 35.5. The summed E-state index contributed by atoms with van der Waals surface area (Å²) in [5, 5.41) is 9.59. The van der Waals surface area contributed by atoms with Gasteiger partial charge in [-0.3, -0.25) is 4.90 Å². The van der Waals surface area contributed by atoms with Gasteiger partial charge in [-0.05, 0) is 31.3 Å². The third-order valence-corrected chi connectivity index (χ3v) is 2.39. The van der Waals surface area contributed by atoms with Gasteiger partial charge >= 0.3 is 0 Å². The van der Waals surface area contributed by atoms with Gasteiger partial charge in [-0.1, -0.05) is 13.8 Å². The molecule has 3 nitrogen and oxygen atoms in total. The average Bonchev–Trinajstić information content (AvgIpc) is 2.19. The summed E-state index contributed by atoms with van der Waals surface area (Å²) < 4.78 is 0. The van der Waals surface area contributed by atoms with E-state index in [-0.39, 0.29) is 24.8 Å². The Labute approximate surface area is 109 Å². The van der Waals surface area contributed by atoms with Gasteiger partial charge in [0.2, 0.25) is 0 Å². The Balaban J connectivity index is 0. The normalized spacial score (nSPS) is 9.44. The highest BCUT2D eigenvalue weighted by Gasteiger charge is 2.05. The second-order valence-electron chi connectivity index (χ2n) is 3.35. The van der Waals surface area contributed by atoms with Gasteiger partial charge in [-0.25, -0.2) is 0 Å². The summed E-state index contributed by atoms with van der Waals surface area (Å²) in [4.78, 5) is 2.23. The maximum Gasteiger partial charge on any atom is 0.120 e. The summed E-state index contributed by atoms with van der Waals surface area (Å²) in [6.45, 7) is 6.92. The average molecular weight is 267 g/mol. The largest absolute Gasteiger partial charge is 0.508 e. The molecule has 0 unspecified atom stereocenters. The number of benzene rings is 1. The van der Waals surface area contributed by atoms with E-state index in [2.05, 4.69) is 18.7 Å². The minimum atomic E-state index is 0. The molecule has 16 heavy (non-hydrogen) atoms. The van der Waals surface area contributed by atoms with Crippen molar-refractivity contribution in [3.8, 4) is 5.75 Å². The molecule has 3 N–H and O–H groups in total. The van der Waals surface area contributed by atoms with Crippen LogP contribution >= 0.6 is 24.8 Å². The second-order valence-corrected chi connectivity index (χ2v) is 3.35. The van der Waals surface area contributed by atoms with Crippen molar-refractivity contribution in [1.82, 2.24) is 4.90 Å². The molecule has 0 spiro atoms. The highest BCUT2D eigenvalue weighted by molar-refractivity contribution is 5.85. The molecule has 0 fully saturated rings. The van der Waals surface area contributed by atoms with Crippen LogP contribution in [0.15, 0.2) is 18.2 Å². The van der Waals surface area contributed by atoms with Crippen molar-refractivity contribution < 1.29 is 5.11 Å². The molecule has 0 bridgehead atoms. The van der Waals surface area contributed by atoms with Crippen LogP contribution in [0.25, 0.3) is 0 Å². The first-order valence-electron chi connectivity index (χ1n) is 4.97. The Bertz CT molecular complexity index is 304. The SMILES string of the molecule is CCN(CC)Cc1cc(N)ccc1O.Cl.Cl. The van der Waals surface area contributed by atoms with Gasteiger partial charge in [-0.15, -0.1) is 24.8 Å². The van der Waals surface area contributed by atoms with Crippen LogP contribution in [0, 0.1) is 0 Å². The van der Waals surface area contributed by atoms with Crippen LogP contribution in [-0.2, 0) is 6.54 Å². The zero-order chi connectivity index (χ0) is 10.6. The Kier molecular flexibility index (Phi) is 9.43. The Morgan fingerprint density at radius 3 is 2.25 bits per heavy atom. The number of phenolic OH excluding ortho intramolecular Hbond substituents is 1. The molecule has 94 valence electrons. The third-order valence-electron chi connectivity index (χ3n) is 2.39. The number of nitrogens with zero attached hydrogens (tertiary/aromatic N) is 1. The van der Waals surface area contributed by atoms with Gasteiger partial charge in [0.05, 0.1) is 0 Å². The lowest BCUT2D eigenvalue weighted by atomic mass is 10.1. The number of hydrogen-bond acceptors (Lipinski definition) is 3. The van der Waals surface area contributed by atoms with E-state index >= 15 is 0 Å². The van der Waals surface area contributed by atoms with Crippen LogP contribution in [0.5, 0.6) is 5.75 Å². The van der Waals surface area contributed by atoms with Crippen molar-refractivity contribution in [2.24, 2.45) is 0 Å². The number of nitrogen functional groups attached to an aromatic ring is 1. The molecule has 0 aromatic heterocycles. The number of nitrogens with two attached hydrogens (primary N) is 1. The Hall–Kier alpha value is -0.640. The van der Waals surface area contributed by atoms with Gasteiger partial charge in [-0.2, -0.15) is 0 Å². The molecule has 5 heteroatoms. The van der Waals surface area contributed by atoms with Crippen molar-refractivity contribution in [1.29, 1.82) is 0 Å². The number of hydrogen-bond donors (Lipinski definition) is 2. The molecule has 0 radical (unpaired) electrons. The van der Waals surface area contributed by atoms with Crippen LogP contribution in [0.1, 0.15) is 19.4 Å². The van der Waals surface area contributed by atoms with Crippen molar-refractivity contribution >= 4 is 30.5 Å². The van der Waals surface area contributed by atoms with E-state index in [1.165, 1.54) is 0 Å². The van der Waals surface area contributed by atoms with E-state index in [0.717, 1.165) is 25.2 Å². The maximum absolute atomic E-state index is 9.59. The van der Waals surface area contributed by atoms with Crippen LogP contribution in [-0.4, -0.2) is 23.1 Å². The summed E-state index contributed by atoms with van der Waals surface area (Å²) in [5.41, 5.74) is 7.25. The molecule has 0 saturated heterocycles. The standard InChI is InChI=1S/C11H18N2O.2ClH/c1-3-13(4-2)8-9-7-10(12)5-6-11(9)14;;/h5-7,14H,3-4,8,12H2,1-2H3;2*1H. The number of anilines is 1. The summed E-state index contributed by atoms with van der Waals surface area (Å²) in [7, 11) is 0. The van der Waals surface area contributed by atoms with Gasteiger partial charge in [0.15, 0.2) is 0 Å². The van der Waals surface area contributed by atoms with E-state index < -0.39 is 0 Å². The molecule has 0 aliphatic rings. The molecule has 0 amide bonds. The van der Waals surface area contributed by atoms with Crippen molar-refractivity contribution in [2.45, 2.75) is 20.4 Å². The predicted molar refractivity (Wildman–Crippen MR) is 73.6 cm³/mol. The van der Waals surface area contributed by atoms with Crippen molar-refractivity contribution in [3.05, 3.63) is 23.8 Å². The lowest BCUT2D eigenvalue weighted by molar-refractivity contribution is 0.291. The summed E-state index contributed by atoms with van der Waals surface area (Å²) in [6, 6.07) is 5.18. The van der Waals surface area contributed by atoms with E-state index in [1.807, 2.05) is 6.07 Å². The zero-order valence-electron chi connectivity index (χ0n) is 9.64. The Morgan fingerprint density at radius 1 is 1.19 bits per heavy atom. The molecule has 0 atom stereocenters. The topological polar surface area (TPSA) is 49.5 Å². The minimum Gasteiger partial charge on any atom is -0.508 e. The molecule has 1 aromatic carbocycles. The molecule has 0 saturated carbocycles. The lowest BCUT2D eigenvalue weighted by Gasteiger charge is -2.18. The second kappa shape index (κ2) is 8.50. The van der Waals surface area contributed by atoms with E-state index in [4.69, 9.17) is 5.73 Å². The first kappa shape index (κ1) is 17.7. The van der Waals surface area contributed by atoms with E-state index in [9.17, 15) is 5.11 Å². The summed E-state index contributed by atoms with van der Waals surface area (Å²) in [5.74, 6) is 0.325. The fourth-order valence-electron chi connectivity index (χ4n) is 1.42. The van der Waals surface area contributed by atoms with Gasteiger partial charge in [0, 0.05) is 17.8 Å². The van der Waals surface area contributed by atoms with Crippen LogP contribution in [0.2, 0.25) is 0 Å². The molecular weight excluding hydrogens is 247 g/mol. The molecule has 1 rings (SSSR count). The summed E-state index contributed by atoms with van der Waals surface area (Å²) >= 11 is 0. The quantitative estimate of drug-likeness (QED) is 0.651. The van der Waals surface area contributed by atoms with Crippen LogP contribution in [0.4, 0.5) is 5.69 Å². The minimum absolute atomic E-state index is 0. The first-order valence-corrected chi connectivity index (χ1v) is 4.97. The first-order chi connectivity index (χ1) is 6.67. The monoisotopic (exact) mass is 266 g/mol. The number of phenols is 1. The highest BCUT2D eigenvalue weighted by Crippen LogP contribution is 2.21. The number of rotatable bonds is 4. The fraction of sp³-hybridized carbons (Fsp3) is 0.455. The van der Waals surface area contributed by atoms with E-state index in [0.29, 0.717) is 11.4 Å². The van der Waals surface area contributed by atoms with Crippen LogP contribution < -0.4 is 5.73 Å². The van der Waals surface area contributed by atoms with Gasteiger partial charge < -0.3 is 10.8 Å². The molecule has 0 aliphatic carbocycles. The third kappa shape index (κ3) is 4.92. The number of halogens is 2. The lowest BCUT2D eigenvalue weighted by Crippen LogP contribution is -2.22. The molecule has 1 aromatic rings.